The van der Waals surface area contributed by atoms with E-state index in [1.807, 2.05) is 24.3 Å². The number of rotatable bonds is 1. The van der Waals surface area contributed by atoms with Gasteiger partial charge in [-0.2, -0.15) is 0 Å². The molecule has 1 aliphatic rings. The normalized spacial score (nSPS) is 14.0. The molecule has 0 saturated heterocycles. The second-order valence-electron chi connectivity index (χ2n) is 4.34. The summed E-state index contributed by atoms with van der Waals surface area (Å²) in [6, 6.07) is 14.4. The van der Waals surface area contributed by atoms with E-state index in [0.717, 1.165) is 22.2 Å². The summed E-state index contributed by atoms with van der Waals surface area (Å²) in [7, 11) is 0. The predicted molar refractivity (Wildman–Crippen MR) is 78.7 cm³/mol. The van der Waals surface area contributed by atoms with Crippen LogP contribution in [0, 0.1) is 6.92 Å². The maximum absolute atomic E-state index is 5.91. The molecule has 18 heavy (non-hydrogen) atoms. The van der Waals surface area contributed by atoms with Crippen LogP contribution in [0.1, 0.15) is 16.7 Å². The van der Waals surface area contributed by atoms with Crippen LogP contribution in [-0.2, 0) is 6.54 Å². The number of aryl methyl sites for hydroxylation is 1. The Balaban J connectivity index is 1.93. The summed E-state index contributed by atoms with van der Waals surface area (Å²) in [5, 5.41) is 1.83. The van der Waals surface area contributed by atoms with Gasteiger partial charge in [0.15, 0.2) is 0 Å². The third-order valence-electron chi connectivity index (χ3n) is 2.91. The quantitative estimate of drug-likeness (QED) is 0.733. The van der Waals surface area contributed by atoms with Crippen molar-refractivity contribution >= 4 is 28.4 Å². The largest absolute Gasteiger partial charge is 0.273 e. The fraction of sp³-hybridized carbons (Fsp3) is 0.133. The zero-order valence-electron chi connectivity index (χ0n) is 9.98. The molecule has 0 aromatic heterocycles. The molecule has 0 unspecified atom stereocenters. The van der Waals surface area contributed by atoms with Crippen molar-refractivity contribution in [2.75, 3.05) is 0 Å². The molecule has 0 amide bonds. The highest BCUT2D eigenvalue weighted by atomic mass is 35.5. The highest BCUT2D eigenvalue weighted by Crippen LogP contribution is 2.32. The molecule has 0 radical (unpaired) electrons. The summed E-state index contributed by atoms with van der Waals surface area (Å²) in [6.45, 7) is 2.88. The Morgan fingerprint density at radius 2 is 1.89 bits per heavy atom. The lowest BCUT2D eigenvalue weighted by Gasteiger charge is -2.16. The minimum absolute atomic E-state index is 0.761. The lowest BCUT2D eigenvalue weighted by molar-refractivity contribution is 1.02. The topological polar surface area (TPSA) is 12.4 Å². The van der Waals surface area contributed by atoms with E-state index in [2.05, 4.69) is 30.1 Å². The zero-order chi connectivity index (χ0) is 12.5. The zero-order valence-corrected chi connectivity index (χ0v) is 11.6. The molecule has 3 heteroatoms. The first-order valence-corrected chi connectivity index (χ1v) is 6.99. The second kappa shape index (κ2) is 4.79. The van der Waals surface area contributed by atoms with E-state index in [1.165, 1.54) is 16.0 Å². The minimum atomic E-state index is 0.761. The van der Waals surface area contributed by atoms with Crippen LogP contribution in [0.5, 0.6) is 0 Å². The summed E-state index contributed by atoms with van der Waals surface area (Å²) in [4.78, 5) is 5.95. The van der Waals surface area contributed by atoms with Gasteiger partial charge >= 0.3 is 0 Å². The van der Waals surface area contributed by atoms with Crippen LogP contribution in [0.2, 0.25) is 5.02 Å². The third kappa shape index (κ3) is 2.31. The summed E-state index contributed by atoms with van der Waals surface area (Å²) >= 11 is 7.64. The minimum Gasteiger partial charge on any atom is -0.273 e. The number of aliphatic imine (C=N–C) groups is 1. The van der Waals surface area contributed by atoms with E-state index in [1.54, 1.807) is 11.8 Å². The van der Waals surface area contributed by atoms with Crippen LogP contribution in [0.15, 0.2) is 52.4 Å². The van der Waals surface area contributed by atoms with E-state index >= 15 is 0 Å². The lowest BCUT2D eigenvalue weighted by atomic mass is 10.1. The Bertz CT molecular complexity index is 617. The van der Waals surface area contributed by atoms with Crippen LogP contribution >= 0.6 is 23.4 Å². The van der Waals surface area contributed by atoms with Gasteiger partial charge in [-0.25, -0.2) is 0 Å². The molecule has 0 N–H and O–H groups in total. The summed E-state index contributed by atoms with van der Waals surface area (Å²) in [6.07, 6.45) is 0. The monoisotopic (exact) mass is 273 g/mol. The van der Waals surface area contributed by atoms with E-state index in [0.29, 0.717) is 0 Å². The Morgan fingerprint density at radius 3 is 2.67 bits per heavy atom. The van der Waals surface area contributed by atoms with Crippen molar-refractivity contribution in [3.8, 4) is 0 Å². The molecular weight excluding hydrogens is 262 g/mol. The van der Waals surface area contributed by atoms with Gasteiger partial charge in [0.1, 0.15) is 5.04 Å². The van der Waals surface area contributed by atoms with E-state index in [9.17, 15) is 0 Å². The van der Waals surface area contributed by atoms with Crippen molar-refractivity contribution in [3.05, 3.63) is 64.2 Å². The average Bonchev–Trinajstić information content (AvgIpc) is 2.38. The van der Waals surface area contributed by atoms with E-state index in [4.69, 9.17) is 11.6 Å². The number of halogens is 1. The van der Waals surface area contributed by atoms with Gasteiger partial charge in [-0.1, -0.05) is 47.6 Å². The number of fused-ring (bicyclic) bond motifs is 1. The van der Waals surface area contributed by atoms with Gasteiger partial charge in [0, 0.05) is 15.5 Å². The lowest BCUT2D eigenvalue weighted by Crippen LogP contribution is -2.03. The molecule has 3 rings (SSSR count). The van der Waals surface area contributed by atoms with Gasteiger partial charge in [-0.3, -0.25) is 4.99 Å². The second-order valence-corrected chi connectivity index (χ2v) is 5.81. The van der Waals surface area contributed by atoms with Crippen LogP contribution in [-0.4, -0.2) is 5.04 Å². The van der Waals surface area contributed by atoms with Crippen LogP contribution < -0.4 is 0 Å². The smallest absolute Gasteiger partial charge is 0.103 e. The number of hydrogen-bond acceptors (Lipinski definition) is 2. The van der Waals surface area contributed by atoms with Crippen molar-refractivity contribution in [2.45, 2.75) is 18.4 Å². The Morgan fingerprint density at radius 1 is 1.11 bits per heavy atom. The van der Waals surface area contributed by atoms with E-state index in [-0.39, 0.29) is 0 Å². The molecule has 0 bridgehead atoms. The van der Waals surface area contributed by atoms with Gasteiger partial charge in [-0.05, 0) is 36.2 Å². The molecule has 0 aliphatic carbocycles. The average molecular weight is 274 g/mol. The SMILES string of the molecule is Cc1ccc2c(c1)SC(c1ccc(Cl)cc1)=NC2. The highest BCUT2D eigenvalue weighted by Gasteiger charge is 2.14. The van der Waals surface area contributed by atoms with Crippen molar-refractivity contribution in [1.29, 1.82) is 0 Å². The standard InChI is InChI=1S/C15H12ClNS/c1-10-2-3-12-9-17-15(18-14(12)8-10)11-4-6-13(16)7-5-11/h2-8H,9H2,1H3. The van der Waals surface area contributed by atoms with Crippen LogP contribution in [0.25, 0.3) is 0 Å². The Hall–Kier alpha value is -1.25. The predicted octanol–water partition coefficient (Wildman–Crippen LogP) is 4.70. The Kier molecular flexibility index (Phi) is 3.14. The first-order chi connectivity index (χ1) is 8.72. The Labute approximate surface area is 116 Å². The maximum Gasteiger partial charge on any atom is 0.103 e. The summed E-state index contributed by atoms with van der Waals surface area (Å²) in [5.74, 6) is 0. The molecule has 2 aromatic carbocycles. The molecule has 0 spiro atoms. The summed E-state index contributed by atoms with van der Waals surface area (Å²) < 4.78 is 0. The first-order valence-electron chi connectivity index (χ1n) is 5.80. The molecule has 90 valence electrons. The van der Waals surface area contributed by atoms with Crippen LogP contribution in [0.4, 0.5) is 0 Å². The fourth-order valence-corrected chi connectivity index (χ4v) is 3.15. The first kappa shape index (κ1) is 11.8. The molecule has 2 aromatic rings. The van der Waals surface area contributed by atoms with E-state index < -0.39 is 0 Å². The number of hydrogen-bond donors (Lipinski definition) is 0. The van der Waals surface area contributed by atoms with Crippen molar-refractivity contribution in [2.24, 2.45) is 4.99 Å². The summed E-state index contributed by atoms with van der Waals surface area (Å²) in [5.41, 5.74) is 3.73. The molecule has 0 saturated carbocycles. The number of thioether (sulfide) groups is 1. The molecule has 1 aliphatic heterocycles. The molecule has 0 fully saturated rings. The van der Waals surface area contributed by atoms with Crippen molar-refractivity contribution in [1.82, 2.24) is 0 Å². The molecular formula is C15H12ClNS. The highest BCUT2D eigenvalue weighted by molar-refractivity contribution is 8.14. The van der Waals surface area contributed by atoms with Gasteiger partial charge < -0.3 is 0 Å². The van der Waals surface area contributed by atoms with Crippen molar-refractivity contribution < 1.29 is 0 Å². The van der Waals surface area contributed by atoms with Crippen LogP contribution in [0.3, 0.4) is 0 Å². The van der Waals surface area contributed by atoms with Crippen molar-refractivity contribution in [3.63, 3.8) is 0 Å². The van der Waals surface area contributed by atoms with Gasteiger partial charge in [-0.15, -0.1) is 0 Å². The van der Waals surface area contributed by atoms with Gasteiger partial charge in [0.2, 0.25) is 0 Å². The maximum atomic E-state index is 5.91. The molecule has 1 heterocycles. The molecule has 1 nitrogen and oxygen atoms in total. The molecule has 0 atom stereocenters. The fourth-order valence-electron chi connectivity index (χ4n) is 1.92. The number of nitrogens with zero attached hydrogens (tertiary/aromatic N) is 1. The van der Waals surface area contributed by atoms with Gasteiger partial charge in [0.25, 0.3) is 0 Å². The van der Waals surface area contributed by atoms with Gasteiger partial charge in [0.05, 0.1) is 6.54 Å². The third-order valence-corrected chi connectivity index (χ3v) is 4.32. The number of benzene rings is 2.